The first-order valence-electron chi connectivity index (χ1n) is 5.64. The van der Waals surface area contributed by atoms with Gasteiger partial charge in [-0.3, -0.25) is 0 Å². The van der Waals surface area contributed by atoms with Gasteiger partial charge in [0.1, 0.15) is 0 Å². The summed E-state index contributed by atoms with van der Waals surface area (Å²) in [5.41, 5.74) is 6.14. The molecule has 0 saturated carbocycles. The molecule has 1 aromatic heterocycles. The van der Waals surface area contributed by atoms with Gasteiger partial charge in [0.25, 0.3) is 0 Å². The SMILES string of the molecule is COc1cc(-c2noc(CCCN)n2)ccc1O. The van der Waals surface area contributed by atoms with E-state index in [9.17, 15) is 5.11 Å². The molecule has 0 aliphatic heterocycles. The van der Waals surface area contributed by atoms with Crippen LogP contribution >= 0.6 is 0 Å². The molecule has 6 heteroatoms. The molecule has 1 heterocycles. The number of phenols is 1. The predicted molar refractivity (Wildman–Crippen MR) is 65.3 cm³/mol. The summed E-state index contributed by atoms with van der Waals surface area (Å²) >= 11 is 0. The summed E-state index contributed by atoms with van der Waals surface area (Å²) in [6, 6.07) is 4.90. The zero-order valence-electron chi connectivity index (χ0n) is 10.1. The van der Waals surface area contributed by atoms with Crippen LogP contribution in [0.4, 0.5) is 0 Å². The Hall–Kier alpha value is -2.08. The summed E-state index contributed by atoms with van der Waals surface area (Å²) in [6.45, 7) is 0.588. The van der Waals surface area contributed by atoms with Crippen LogP contribution in [-0.2, 0) is 6.42 Å². The molecule has 6 nitrogen and oxygen atoms in total. The van der Waals surface area contributed by atoms with Crippen LogP contribution in [0.25, 0.3) is 11.4 Å². The van der Waals surface area contributed by atoms with Crippen molar-refractivity contribution in [3.63, 3.8) is 0 Å². The summed E-state index contributed by atoms with van der Waals surface area (Å²) in [4.78, 5) is 4.25. The normalized spacial score (nSPS) is 10.6. The Balaban J connectivity index is 2.23. The van der Waals surface area contributed by atoms with Crippen LogP contribution < -0.4 is 10.5 Å². The average Bonchev–Trinajstić information content (AvgIpc) is 2.85. The lowest BCUT2D eigenvalue weighted by Crippen LogP contribution is -2.00. The fraction of sp³-hybridized carbons (Fsp3) is 0.333. The van der Waals surface area contributed by atoms with Crippen molar-refractivity contribution in [2.75, 3.05) is 13.7 Å². The minimum atomic E-state index is 0.0769. The molecule has 0 saturated heterocycles. The van der Waals surface area contributed by atoms with Crippen LogP contribution in [0.3, 0.4) is 0 Å². The zero-order valence-corrected chi connectivity index (χ0v) is 10.1. The number of hydrogen-bond acceptors (Lipinski definition) is 6. The van der Waals surface area contributed by atoms with E-state index in [0.29, 0.717) is 30.4 Å². The second-order valence-electron chi connectivity index (χ2n) is 3.79. The number of aromatic nitrogens is 2. The Labute approximate surface area is 104 Å². The van der Waals surface area contributed by atoms with Crippen molar-refractivity contribution in [2.24, 2.45) is 5.73 Å². The van der Waals surface area contributed by atoms with Gasteiger partial charge in [0.2, 0.25) is 11.7 Å². The third-order valence-electron chi connectivity index (χ3n) is 2.50. The monoisotopic (exact) mass is 249 g/mol. The van der Waals surface area contributed by atoms with E-state index in [4.69, 9.17) is 15.0 Å². The van der Waals surface area contributed by atoms with E-state index in [1.54, 1.807) is 12.1 Å². The lowest BCUT2D eigenvalue weighted by molar-refractivity contribution is 0.372. The summed E-state index contributed by atoms with van der Waals surface area (Å²) in [5.74, 6) is 1.48. The number of methoxy groups -OCH3 is 1. The maximum Gasteiger partial charge on any atom is 0.227 e. The van der Waals surface area contributed by atoms with Crippen molar-refractivity contribution < 1.29 is 14.4 Å². The van der Waals surface area contributed by atoms with Crippen molar-refractivity contribution in [3.8, 4) is 22.9 Å². The van der Waals surface area contributed by atoms with Crippen LogP contribution in [0.15, 0.2) is 22.7 Å². The highest BCUT2D eigenvalue weighted by Gasteiger charge is 2.10. The molecule has 0 atom stereocenters. The van der Waals surface area contributed by atoms with Crippen LogP contribution in [0.1, 0.15) is 12.3 Å². The van der Waals surface area contributed by atoms with Gasteiger partial charge in [0.05, 0.1) is 7.11 Å². The highest BCUT2D eigenvalue weighted by Crippen LogP contribution is 2.30. The fourth-order valence-electron chi connectivity index (χ4n) is 1.54. The first kappa shape index (κ1) is 12.4. The zero-order chi connectivity index (χ0) is 13.0. The topological polar surface area (TPSA) is 94.4 Å². The number of ether oxygens (including phenoxy) is 1. The Morgan fingerprint density at radius 3 is 3.00 bits per heavy atom. The highest BCUT2D eigenvalue weighted by molar-refractivity contribution is 5.60. The fourth-order valence-corrected chi connectivity index (χ4v) is 1.54. The Kier molecular flexibility index (Phi) is 3.78. The maximum absolute atomic E-state index is 9.50. The molecule has 2 rings (SSSR count). The smallest absolute Gasteiger partial charge is 0.227 e. The second kappa shape index (κ2) is 5.50. The number of hydrogen-bond donors (Lipinski definition) is 2. The van der Waals surface area contributed by atoms with Crippen molar-refractivity contribution in [1.29, 1.82) is 0 Å². The molecule has 0 aliphatic rings. The molecule has 0 fully saturated rings. The molecule has 0 radical (unpaired) electrons. The molecule has 18 heavy (non-hydrogen) atoms. The standard InChI is InChI=1S/C12H15N3O3/c1-17-10-7-8(4-5-9(10)16)12-14-11(18-15-12)3-2-6-13/h4-5,7,16H,2-3,6,13H2,1H3. The van der Waals surface area contributed by atoms with E-state index < -0.39 is 0 Å². The molecule has 0 spiro atoms. The summed E-state index contributed by atoms with van der Waals surface area (Å²) in [6.07, 6.45) is 1.47. The van der Waals surface area contributed by atoms with E-state index in [0.717, 1.165) is 12.0 Å². The Bertz CT molecular complexity index is 525. The lowest BCUT2D eigenvalue weighted by atomic mass is 10.2. The minimum absolute atomic E-state index is 0.0769. The quantitative estimate of drug-likeness (QED) is 0.830. The molecule has 3 N–H and O–H groups in total. The molecular weight excluding hydrogens is 234 g/mol. The largest absolute Gasteiger partial charge is 0.504 e. The molecule has 2 aromatic rings. The Morgan fingerprint density at radius 2 is 2.28 bits per heavy atom. The van der Waals surface area contributed by atoms with Crippen molar-refractivity contribution in [3.05, 3.63) is 24.1 Å². The van der Waals surface area contributed by atoms with Crippen molar-refractivity contribution in [1.82, 2.24) is 10.1 Å². The van der Waals surface area contributed by atoms with Gasteiger partial charge in [-0.25, -0.2) is 0 Å². The second-order valence-corrected chi connectivity index (χ2v) is 3.79. The number of aryl methyl sites for hydroxylation is 1. The number of benzene rings is 1. The molecular formula is C12H15N3O3. The van der Waals surface area contributed by atoms with Crippen LogP contribution in [0, 0.1) is 0 Å². The number of phenolic OH excluding ortho intramolecular Hbond substituents is 1. The van der Waals surface area contributed by atoms with Gasteiger partial charge in [-0.2, -0.15) is 4.98 Å². The van der Waals surface area contributed by atoms with Gasteiger partial charge in [0.15, 0.2) is 11.5 Å². The van der Waals surface area contributed by atoms with Crippen LogP contribution in [0.5, 0.6) is 11.5 Å². The molecule has 0 bridgehead atoms. The molecule has 96 valence electrons. The van der Waals surface area contributed by atoms with Gasteiger partial charge in [0, 0.05) is 12.0 Å². The summed E-state index contributed by atoms with van der Waals surface area (Å²) < 4.78 is 10.1. The lowest BCUT2D eigenvalue weighted by Gasteiger charge is -2.03. The average molecular weight is 249 g/mol. The number of nitrogens with zero attached hydrogens (tertiary/aromatic N) is 2. The van der Waals surface area contributed by atoms with E-state index in [-0.39, 0.29) is 5.75 Å². The number of rotatable bonds is 5. The highest BCUT2D eigenvalue weighted by atomic mass is 16.5. The first-order valence-corrected chi connectivity index (χ1v) is 5.64. The predicted octanol–water partition coefficient (Wildman–Crippen LogP) is 1.34. The van der Waals surface area contributed by atoms with E-state index in [2.05, 4.69) is 10.1 Å². The number of aromatic hydroxyl groups is 1. The molecule has 0 aliphatic carbocycles. The van der Waals surface area contributed by atoms with Crippen LogP contribution in [0.2, 0.25) is 0 Å². The van der Waals surface area contributed by atoms with Gasteiger partial charge in [-0.05, 0) is 31.2 Å². The summed E-state index contributed by atoms with van der Waals surface area (Å²) in [7, 11) is 1.49. The first-order chi connectivity index (χ1) is 8.74. The molecule has 0 unspecified atom stereocenters. The minimum Gasteiger partial charge on any atom is -0.504 e. The maximum atomic E-state index is 9.50. The number of nitrogens with two attached hydrogens (primary N) is 1. The molecule has 1 aromatic carbocycles. The van der Waals surface area contributed by atoms with E-state index in [1.165, 1.54) is 13.2 Å². The Morgan fingerprint density at radius 1 is 1.44 bits per heavy atom. The van der Waals surface area contributed by atoms with Gasteiger partial charge >= 0.3 is 0 Å². The van der Waals surface area contributed by atoms with E-state index in [1.807, 2.05) is 0 Å². The van der Waals surface area contributed by atoms with Gasteiger partial charge in [-0.15, -0.1) is 0 Å². The molecule has 0 amide bonds. The van der Waals surface area contributed by atoms with Gasteiger partial charge in [-0.1, -0.05) is 5.16 Å². The van der Waals surface area contributed by atoms with Crippen molar-refractivity contribution in [2.45, 2.75) is 12.8 Å². The third-order valence-corrected chi connectivity index (χ3v) is 2.50. The summed E-state index contributed by atoms with van der Waals surface area (Å²) in [5, 5.41) is 13.4. The van der Waals surface area contributed by atoms with E-state index >= 15 is 0 Å². The third kappa shape index (κ3) is 2.60. The van der Waals surface area contributed by atoms with Crippen LogP contribution in [-0.4, -0.2) is 28.9 Å². The van der Waals surface area contributed by atoms with Gasteiger partial charge < -0.3 is 20.1 Å². The van der Waals surface area contributed by atoms with Crippen molar-refractivity contribution >= 4 is 0 Å².